The number of benzene rings is 1. The fourth-order valence-electron chi connectivity index (χ4n) is 3.31. The van der Waals surface area contributed by atoms with Gasteiger partial charge in [0.1, 0.15) is 0 Å². The van der Waals surface area contributed by atoms with Gasteiger partial charge < -0.3 is 5.11 Å². The van der Waals surface area contributed by atoms with E-state index in [0.29, 0.717) is 11.6 Å². The van der Waals surface area contributed by atoms with E-state index in [1.54, 1.807) is 12.1 Å². The van der Waals surface area contributed by atoms with E-state index < -0.39 is 5.97 Å². The van der Waals surface area contributed by atoms with Crippen molar-refractivity contribution in [2.24, 2.45) is 17.8 Å². The quantitative estimate of drug-likeness (QED) is 0.835. The van der Waals surface area contributed by atoms with E-state index in [-0.39, 0.29) is 29.2 Å². The molecule has 0 bridgehead atoms. The third kappa shape index (κ3) is 1.81. The molecule has 0 aromatic heterocycles. The van der Waals surface area contributed by atoms with Gasteiger partial charge in [-0.05, 0) is 37.0 Å². The molecular formula is C15H15NO4. The highest BCUT2D eigenvalue weighted by Crippen LogP contribution is 2.44. The minimum Gasteiger partial charge on any atom is -0.478 e. The minimum absolute atomic E-state index is 0.0773. The number of aromatic carboxylic acids is 1. The van der Waals surface area contributed by atoms with Crippen LogP contribution in [0.3, 0.4) is 0 Å². The lowest BCUT2D eigenvalue weighted by Crippen LogP contribution is -2.32. The summed E-state index contributed by atoms with van der Waals surface area (Å²) in [5, 5.41) is 8.99. The molecule has 104 valence electrons. The third-order valence-electron chi connectivity index (χ3n) is 4.22. The van der Waals surface area contributed by atoms with Crippen LogP contribution >= 0.6 is 0 Å². The first-order chi connectivity index (χ1) is 9.49. The molecule has 1 N–H and O–H groups in total. The van der Waals surface area contributed by atoms with Crippen molar-refractivity contribution in [2.75, 3.05) is 4.90 Å². The zero-order valence-corrected chi connectivity index (χ0v) is 11.1. The molecule has 1 saturated heterocycles. The first-order valence-corrected chi connectivity index (χ1v) is 6.70. The Hall–Kier alpha value is -2.17. The van der Waals surface area contributed by atoms with Gasteiger partial charge in [-0.15, -0.1) is 0 Å². The number of carbonyl (C=O) groups excluding carboxylic acids is 2. The van der Waals surface area contributed by atoms with Crippen LogP contribution in [0.25, 0.3) is 0 Å². The van der Waals surface area contributed by atoms with E-state index in [4.69, 9.17) is 5.11 Å². The molecule has 5 heteroatoms. The van der Waals surface area contributed by atoms with Crippen molar-refractivity contribution in [3.8, 4) is 0 Å². The number of hydrogen-bond acceptors (Lipinski definition) is 3. The number of nitrogens with zero attached hydrogens (tertiary/aromatic N) is 1. The fraction of sp³-hybridized carbons (Fsp3) is 0.400. The SMILES string of the molecule is CC1CC2C(=O)N(c3cccc(C(=O)O)c3)C(=O)C2C1. The van der Waals surface area contributed by atoms with Crippen LogP contribution in [0.2, 0.25) is 0 Å². The molecule has 2 atom stereocenters. The van der Waals surface area contributed by atoms with Crippen LogP contribution in [-0.2, 0) is 9.59 Å². The third-order valence-corrected chi connectivity index (χ3v) is 4.22. The number of rotatable bonds is 2. The van der Waals surface area contributed by atoms with Crippen LogP contribution in [0.1, 0.15) is 30.1 Å². The van der Waals surface area contributed by atoms with Gasteiger partial charge in [-0.2, -0.15) is 0 Å². The van der Waals surface area contributed by atoms with E-state index >= 15 is 0 Å². The lowest BCUT2D eigenvalue weighted by Gasteiger charge is -2.17. The summed E-state index contributed by atoms with van der Waals surface area (Å²) in [5.41, 5.74) is 0.440. The molecule has 0 spiro atoms. The number of amides is 2. The predicted octanol–water partition coefficient (Wildman–Crippen LogP) is 1.92. The van der Waals surface area contributed by atoms with Crippen LogP contribution in [0.15, 0.2) is 24.3 Å². The van der Waals surface area contributed by atoms with E-state index in [9.17, 15) is 14.4 Å². The molecule has 1 saturated carbocycles. The molecular weight excluding hydrogens is 258 g/mol. The number of carboxylic acids is 1. The van der Waals surface area contributed by atoms with Crippen LogP contribution < -0.4 is 4.90 Å². The number of hydrogen-bond donors (Lipinski definition) is 1. The number of anilines is 1. The Labute approximate surface area is 116 Å². The standard InChI is InChI=1S/C15H15NO4/c1-8-5-11-12(6-8)14(18)16(13(11)17)10-4-2-3-9(7-10)15(19)20/h2-4,7-8,11-12H,5-6H2,1H3,(H,19,20). The van der Waals surface area contributed by atoms with Gasteiger partial charge in [0.25, 0.3) is 0 Å². The fourth-order valence-corrected chi connectivity index (χ4v) is 3.31. The Balaban J connectivity index is 1.96. The molecule has 1 aromatic rings. The largest absolute Gasteiger partial charge is 0.478 e. The first kappa shape index (κ1) is 12.8. The monoisotopic (exact) mass is 273 g/mol. The van der Waals surface area contributed by atoms with E-state index in [1.165, 1.54) is 12.1 Å². The second kappa shape index (κ2) is 4.44. The van der Waals surface area contributed by atoms with Gasteiger partial charge in [-0.3, -0.25) is 14.5 Å². The zero-order valence-electron chi connectivity index (χ0n) is 11.1. The summed E-state index contributed by atoms with van der Waals surface area (Å²) in [4.78, 5) is 36.9. The number of carbonyl (C=O) groups is 3. The number of imide groups is 1. The van der Waals surface area contributed by atoms with E-state index in [0.717, 1.165) is 17.7 Å². The first-order valence-electron chi connectivity index (χ1n) is 6.70. The summed E-state index contributed by atoms with van der Waals surface area (Å²) in [7, 11) is 0. The van der Waals surface area contributed by atoms with Crippen molar-refractivity contribution in [3.05, 3.63) is 29.8 Å². The Morgan fingerprint density at radius 3 is 2.35 bits per heavy atom. The van der Waals surface area contributed by atoms with Gasteiger partial charge in [-0.1, -0.05) is 13.0 Å². The Kier molecular flexibility index (Phi) is 2.85. The second-order valence-electron chi connectivity index (χ2n) is 5.66. The highest BCUT2D eigenvalue weighted by molar-refractivity contribution is 6.22. The molecule has 1 heterocycles. The lowest BCUT2D eigenvalue weighted by molar-refractivity contribution is -0.123. The van der Waals surface area contributed by atoms with Crippen molar-refractivity contribution < 1.29 is 19.5 Å². The van der Waals surface area contributed by atoms with Gasteiger partial charge in [0.05, 0.1) is 23.1 Å². The van der Waals surface area contributed by atoms with Gasteiger partial charge >= 0.3 is 5.97 Å². The molecule has 2 fully saturated rings. The van der Waals surface area contributed by atoms with Crippen molar-refractivity contribution in [1.29, 1.82) is 0 Å². The van der Waals surface area contributed by atoms with Gasteiger partial charge in [-0.25, -0.2) is 4.79 Å². The molecule has 2 unspecified atom stereocenters. The van der Waals surface area contributed by atoms with Crippen molar-refractivity contribution >= 4 is 23.5 Å². The maximum atomic E-state index is 12.4. The molecule has 1 aliphatic heterocycles. The van der Waals surface area contributed by atoms with Crippen LogP contribution in [0.4, 0.5) is 5.69 Å². The smallest absolute Gasteiger partial charge is 0.335 e. The van der Waals surface area contributed by atoms with Crippen LogP contribution in [0, 0.1) is 17.8 Å². The minimum atomic E-state index is -1.07. The van der Waals surface area contributed by atoms with Crippen molar-refractivity contribution in [1.82, 2.24) is 0 Å². The maximum Gasteiger partial charge on any atom is 0.335 e. The Morgan fingerprint density at radius 1 is 1.20 bits per heavy atom. The summed E-state index contributed by atoms with van der Waals surface area (Å²) in [5.74, 6) is -1.51. The van der Waals surface area contributed by atoms with E-state index in [1.807, 2.05) is 6.92 Å². The summed E-state index contributed by atoms with van der Waals surface area (Å²) in [6, 6.07) is 5.98. The highest BCUT2D eigenvalue weighted by atomic mass is 16.4. The molecule has 2 amide bonds. The van der Waals surface area contributed by atoms with Crippen molar-refractivity contribution in [2.45, 2.75) is 19.8 Å². The topological polar surface area (TPSA) is 74.7 Å². The molecule has 5 nitrogen and oxygen atoms in total. The lowest BCUT2D eigenvalue weighted by atomic mass is 10.00. The summed E-state index contributed by atoms with van der Waals surface area (Å²) in [6.07, 6.45) is 1.48. The zero-order chi connectivity index (χ0) is 14.4. The van der Waals surface area contributed by atoms with Gasteiger partial charge in [0.15, 0.2) is 0 Å². The Morgan fingerprint density at radius 2 is 1.80 bits per heavy atom. The maximum absolute atomic E-state index is 12.4. The normalized spacial score (nSPS) is 28.9. The molecule has 2 aliphatic rings. The summed E-state index contributed by atoms with van der Waals surface area (Å²) < 4.78 is 0. The van der Waals surface area contributed by atoms with Crippen LogP contribution in [0.5, 0.6) is 0 Å². The van der Waals surface area contributed by atoms with Crippen molar-refractivity contribution in [3.63, 3.8) is 0 Å². The molecule has 1 aliphatic carbocycles. The predicted molar refractivity (Wildman–Crippen MR) is 71.3 cm³/mol. The number of carboxylic acid groups (broad SMARTS) is 1. The summed E-state index contributed by atoms with van der Waals surface area (Å²) >= 11 is 0. The van der Waals surface area contributed by atoms with Gasteiger partial charge in [0.2, 0.25) is 11.8 Å². The molecule has 20 heavy (non-hydrogen) atoms. The van der Waals surface area contributed by atoms with Crippen LogP contribution in [-0.4, -0.2) is 22.9 Å². The average Bonchev–Trinajstić information content (AvgIpc) is 2.89. The number of fused-ring (bicyclic) bond motifs is 1. The molecule has 0 radical (unpaired) electrons. The van der Waals surface area contributed by atoms with Gasteiger partial charge in [0, 0.05) is 0 Å². The molecule has 1 aromatic carbocycles. The second-order valence-corrected chi connectivity index (χ2v) is 5.66. The van der Waals surface area contributed by atoms with E-state index in [2.05, 4.69) is 0 Å². The Bertz CT molecular complexity index is 586. The highest BCUT2D eigenvalue weighted by Gasteiger charge is 2.52. The molecule has 3 rings (SSSR count). The summed E-state index contributed by atoms with van der Waals surface area (Å²) in [6.45, 7) is 2.05. The average molecular weight is 273 g/mol.